The van der Waals surface area contributed by atoms with Crippen LogP contribution in [0.15, 0.2) is 60.9 Å². The van der Waals surface area contributed by atoms with Crippen molar-refractivity contribution in [2.45, 2.75) is 0 Å². The number of fused-ring (bicyclic) bond motifs is 5. The Bertz CT molecular complexity index is 1120. The summed E-state index contributed by atoms with van der Waals surface area (Å²) in [7, 11) is 0. The fraction of sp³-hybridized carbons (Fsp3) is 0. The second-order valence-electron chi connectivity index (χ2n) is 5.39. The van der Waals surface area contributed by atoms with Crippen LogP contribution in [0.2, 0.25) is 0 Å². The van der Waals surface area contributed by atoms with E-state index in [1.165, 1.54) is 16.2 Å². The molecule has 22 heavy (non-hydrogen) atoms. The van der Waals surface area contributed by atoms with Crippen molar-refractivity contribution in [2.24, 2.45) is 0 Å². The Labute approximate surface area is 125 Å². The molecule has 0 saturated carbocycles. The van der Waals surface area contributed by atoms with Gasteiger partial charge in [-0.05, 0) is 12.1 Å². The molecule has 3 aromatic heterocycles. The van der Waals surface area contributed by atoms with Gasteiger partial charge in [-0.25, -0.2) is 4.98 Å². The molecule has 3 heterocycles. The smallest absolute Gasteiger partial charge is 0.138 e. The molecule has 0 aliphatic carbocycles. The van der Waals surface area contributed by atoms with Crippen LogP contribution in [0, 0.1) is 0 Å². The van der Waals surface area contributed by atoms with Gasteiger partial charge in [0, 0.05) is 45.0 Å². The first-order chi connectivity index (χ1) is 10.9. The lowest BCUT2D eigenvalue weighted by Crippen LogP contribution is -1.85. The van der Waals surface area contributed by atoms with Gasteiger partial charge in [0.15, 0.2) is 0 Å². The monoisotopic (exact) mass is 284 g/mol. The van der Waals surface area contributed by atoms with Crippen LogP contribution >= 0.6 is 0 Å². The normalized spacial score (nSPS) is 11.6. The molecule has 0 atom stereocenters. The molecule has 0 saturated heterocycles. The number of aromatic nitrogens is 4. The molecule has 0 aliphatic heterocycles. The topological polar surface area (TPSA) is 57.4 Å². The Balaban J connectivity index is 2.07. The number of H-pyrrole nitrogens is 2. The zero-order valence-corrected chi connectivity index (χ0v) is 11.7. The fourth-order valence-electron chi connectivity index (χ4n) is 3.20. The van der Waals surface area contributed by atoms with Gasteiger partial charge in [0.1, 0.15) is 5.65 Å². The summed E-state index contributed by atoms with van der Waals surface area (Å²) in [5, 5.41) is 11.9. The number of rotatable bonds is 1. The predicted molar refractivity (Wildman–Crippen MR) is 88.7 cm³/mol. The number of nitrogens with zero attached hydrogens (tertiary/aromatic N) is 2. The summed E-state index contributed by atoms with van der Waals surface area (Å²) in [5.74, 6) is 0. The zero-order chi connectivity index (χ0) is 14.5. The van der Waals surface area contributed by atoms with Gasteiger partial charge in [-0.2, -0.15) is 5.10 Å². The van der Waals surface area contributed by atoms with Gasteiger partial charge in [0.05, 0.1) is 5.69 Å². The number of para-hydroxylation sites is 1. The van der Waals surface area contributed by atoms with Crippen LogP contribution in [-0.2, 0) is 0 Å². The maximum Gasteiger partial charge on any atom is 0.138 e. The maximum atomic E-state index is 4.59. The number of hydrogen-bond donors (Lipinski definition) is 2. The first-order valence-corrected chi connectivity index (χ1v) is 7.20. The van der Waals surface area contributed by atoms with Gasteiger partial charge in [0.2, 0.25) is 0 Å². The first kappa shape index (κ1) is 11.5. The minimum Gasteiger partial charge on any atom is -0.339 e. The molecule has 0 unspecified atom stereocenters. The van der Waals surface area contributed by atoms with Crippen LogP contribution in [0.25, 0.3) is 44.0 Å². The summed E-state index contributed by atoms with van der Waals surface area (Å²) < 4.78 is 0. The number of hydrogen-bond acceptors (Lipinski definition) is 2. The third-order valence-electron chi connectivity index (χ3n) is 4.16. The van der Waals surface area contributed by atoms with Crippen LogP contribution in [0.5, 0.6) is 0 Å². The van der Waals surface area contributed by atoms with Gasteiger partial charge in [-0.3, -0.25) is 5.10 Å². The van der Waals surface area contributed by atoms with E-state index in [4.69, 9.17) is 0 Å². The summed E-state index contributed by atoms with van der Waals surface area (Å²) in [6.45, 7) is 0. The van der Waals surface area contributed by atoms with E-state index in [-0.39, 0.29) is 0 Å². The van der Waals surface area contributed by atoms with E-state index in [9.17, 15) is 0 Å². The molecule has 0 fully saturated rings. The Hall–Kier alpha value is -3.14. The highest BCUT2D eigenvalue weighted by molar-refractivity contribution is 6.22. The molecule has 2 aromatic carbocycles. The quantitative estimate of drug-likeness (QED) is 0.483. The van der Waals surface area contributed by atoms with E-state index in [1.54, 1.807) is 6.20 Å². The summed E-state index contributed by atoms with van der Waals surface area (Å²) in [6.07, 6.45) is 3.70. The van der Waals surface area contributed by atoms with Gasteiger partial charge < -0.3 is 4.98 Å². The Morgan fingerprint density at radius 1 is 0.864 bits per heavy atom. The van der Waals surface area contributed by atoms with E-state index in [2.05, 4.69) is 56.6 Å². The second-order valence-corrected chi connectivity index (χ2v) is 5.39. The van der Waals surface area contributed by atoms with Crippen molar-refractivity contribution in [3.8, 4) is 11.3 Å². The highest BCUT2D eigenvalue weighted by atomic mass is 15.1. The van der Waals surface area contributed by atoms with Crippen LogP contribution in [-0.4, -0.2) is 20.2 Å². The molecule has 5 rings (SSSR count). The SMILES string of the molecule is c1cc(-c2ccn[nH]2)c2c(c1)cnc1[nH]c3ccccc3c12. The van der Waals surface area contributed by atoms with Crippen molar-refractivity contribution in [2.75, 3.05) is 0 Å². The third-order valence-corrected chi connectivity index (χ3v) is 4.16. The molecule has 104 valence electrons. The fourth-order valence-corrected chi connectivity index (χ4v) is 3.20. The third kappa shape index (κ3) is 1.46. The minimum absolute atomic E-state index is 0.917. The van der Waals surface area contributed by atoms with E-state index < -0.39 is 0 Å². The van der Waals surface area contributed by atoms with Gasteiger partial charge in [-0.15, -0.1) is 0 Å². The molecule has 0 spiro atoms. The molecule has 0 amide bonds. The molecule has 4 heteroatoms. The highest BCUT2D eigenvalue weighted by Crippen LogP contribution is 2.36. The van der Waals surface area contributed by atoms with Crippen molar-refractivity contribution in [3.63, 3.8) is 0 Å². The van der Waals surface area contributed by atoms with E-state index in [1.807, 2.05) is 18.3 Å². The number of benzene rings is 2. The highest BCUT2D eigenvalue weighted by Gasteiger charge is 2.13. The van der Waals surface area contributed by atoms with Crippen molar-refractivity contribution < 1.29 is 0 Å². The van der Waals surface area contributed by atoms with Crippen molar-refractivity contribution in [3.05, 3.63) is 60.9 Å². The number of nitrogens with one attached hydrogen (secondary N) is 2. The number of pyridine rings is 1. The Morgan fingerprint density at radius 2 is 1.82 bits per heavy atom. The van der Waals surface area contributed by atoms with E-state index in [0.717, 1.165) is 27.8 Å². The summed E-state index contributed by atoms with van der Waals surface area (Å²) in [4.78, 5) is 7.99. The molecule has 4 nitrogen and oxygen atoms in total. The van der Waals surface area contributed by atoms with Gasteiger partial charge in [-0.1, -0.05) is 36.4 Å². The van der Waals surface area contributed by atoms with Gasteiger partial charge >= 0.3 is 0 Å². The second kappa shape index (κ2) is 4.18. The molecule has 0 aliphatic rings. The summed E-state index contributed by atoms with van der Waals surface area (Å²) >= 11 is 0. The van der Waals surface area contributed by atoms with Crippen LogP contribution in [0.1, 0.15) is 0 Å². The lowest BCUT2D eigenvalue weighted by Gasteiger charge is -2.06. The Kier molecular flexibility index (Phi) is 2.19. The van der Waals surface area contributed by atoms with Crippen LogP contribution in [0.4, 0.5) is 0 Å². The van der Waals surface area contributed by atoms with Crippen LogP contribution < -0.4 is 0 Å². The van der Waals surface area contributed by atoms with E-state index >= 15 is 0 Å². The Morgan fingerprint density at radius 3 is 2.73 bits per heavy atom. The molecule has 2 N–H and O–H groups in total. The molecular weight excluding hydrogens is 272 g/mol. The minimum atomic E-state index is 0.917. The van der Waals surface area contributed by atoms with Crippen molar-refractivity contribution in [1.29, 1.82) is 0 Å². The lowest BCUT2D eigenvalue weighted by molar-refractivity contribution is 1.10. The largest absolute Gasteiger partial charge is 0.339 e. The first-order valence-electron chi connectivity index (χ1n) is 7.20. The van der Waals surface area contributed by atoms with Crippen molar-refractivity contribution >= 4 is 32.7 Å². The molecular formula is C18H12N4. The molecule has 0 radical (unpaired) electrons. The van der Waals surface area contributed by atoms with Crippen molar-refractivity contribution in [1.82, 2.24) is 20.2 Å². The standard InChI is InChI=1S/C18H12N4/c1-2-7-14-12(5-1)17-16-11(10-19-18(17)21-14)4-3-6-13(16)15-8-9-20-22-15/h1-10H,(H,19,21)(H,20,22). The predicted octanol–water partition coefficient (Wildman–Crippen LogP) is 4.26. The molecule has 5 aromatic rings. The van der Waals surface area contributed by atoms with Crippen LogP contribution in [0.3, 0.4) is 0 Å². The van der Waals surface area contributed by atoms with E-state index in [0.29, 0.717) is 0 Å². The molecule has 0 bridgehead atoms. The summed E-state index contributed by atoms with van der Waals surface area (Å²) in [6, 6.07) is 16.6. The zero-order valence-electron chi connectivity index (χ0n) is 11.7. The average Bonchev–Trinajstić information content (AvgIpc) is 3.21. The average molecular weight is 284 g/mol. The van der Waals surface area contributed by atoms with Gasteiger partial charge in [0.25, 0.3) is 0 Å². The number of aromatic amines is 2. The lowest BCUT2D eigenvalue weighted by atomic mass is 9.99. The maximum absolute atomic E-state index is 4.59. The summed E-state index contributed by atoms with van der Waals surface area (Å²) in [5.41, 5.74) is 4.19.